The predicted octanol–water partition coefficient (Wildman–Crippen LogP) is 3.63. The minimum atomic E-state index is -0.526. The summed E-state index contributed by atoms with van der Waals surface area (Å²) in [5.74, 6) is -0.0631. The Morgan fingerprint density at radius 1 is 1.14 bits per heavy atom. The summed E-state index contributed by atoms with van der Waals surface area (Å²) in [4.78, 5) is 24.4. The number of hydrogen-bond donors (Lipinski definition) is 1. The average molecular weight is 413 g/mol. The highest BCUT2D eigenvalue weighted by atomic mass is 35.5. The van der Waals surface area contributed by atoms with Crippen molar-refractivity contribution in [2.45, 2.75) is 0 Å². The highest BCUT2D eigenvalue weighted by Gasteiger charge is 2.22. The molecule has 0 unspecified atom stereocenters. The molecule has 1 aliphatic rings. The van der Waals surface area contributed by atoms with Crippen LogP contribution in [-0.2, 0) is 4.79 Å². The number of rotatable bonds is 3. The first-order chi connectivity index (χ1) is 14.0. The normalized spacial score (nSPS) is 14.3. The van der Waals surface area contributed by atoms with Gasteiger partial charge in [0, 0.05) is 53.8 Å². The van der Waals surface area contributed by atoms with Gasteiger partial charge in [-0.05, 0) is 30.3 Å². The van der Waals surface area contributed by atoms with E-state index >= 15 is 0 Å². The number of carbonyl (C=O) groups excluding carboxylic acids is 1. The van der Waals surface area contributed by atoms with Gasteiger partial charge in [0.1, 0.15) is 23.7 Å². The van der Waals surface area contributed by atoms with Gasteiger partial charge in [-0.2, -0.15) is 0 Å². The summed E-state index contributed by atoms with van der Waals surface area (Å²) in [6.07, 6.45) is 2.79. The number of amides is 1. The molecule has 1 saturated heterocycles. The molecule has 4 rings (SSSR count). The van der Waals surface area contributed by atoms with Crippen LogP contribution in [0, 0.1) is 5.82 Å². The number of nitrogens with zero attached hydrogens (tertiary/aromatic N) is 4. The van der Waals surface area contributed by atoms with Gasteiger partial charge in [-0.15, -0.1) is 0 Å². The second-order valence-corrected chi connectivity index (χ2v) is 7.13. The topological polar surface area (TPSA) is 69.6 Å². The SMILES string of the molecule is C=CC(=O)N1CCN(c2ncnc3cc(-c4ccc(F)cc4O)c(Cl)cc23)CC1. The maximum absolute atomic E-state index is 13.3. The molecule has 8 heteroatoms. The number of aromatic hydroxyl groups is 1. The molecule has 1 fully saturated rings. The molecule has 2 aromatic carbocycles. The molecular formula is C21H18ClFN4O2. The Hall–Kier alpha value is -3.19. The second kappa shape index (κ2) is 7.67. The third kappa shape index (κ3) is 3.61. The Morgan fingerprint density at radius 2 is 1.90 bits per heavy atom. The molecule has 29 heavy (non-hydrogen) atoms. The van der Waals surface area contributed by atoms with Crippen LogP contribution in [0.15, 0.2) is 49.3 Å². The smallest absolute Gasteiger partial charge is 0.246 e. The molecule has 0 spiro atoms. The number of carbonyl (C=O) groups is 1. The van der Waals surface area contributed by atoms with Crippen molar-refractivity contribution in [1.29, 1.82) is 0 Å². The van der Waals surface area contributed by atoms with E-state index in [1.165, 1.54) is 24.5 Å². The van der Waals surface area contributed by atoms with Crippen molar-refractivity contribution in [1.82, 2.24) is 14.9 Å². The zero-order valence-corrected chi connectivity index (χ0v) is 16.2. The van der Waals surface area contributed by atoms with E-state index in [0.29, 0.717) is 47.8 Å². The largest absolute Gasteiger partial charge is 0.507 e. The minimum absolute atomic E-state index is 0.0796. The Labute approximate surface area is 171 Å². The number of halogens is 2. The summed E-state index contributed by atoms with van der Waals surface area (Å²) in [5, 5.41) is 11.3. The van der Waals surface area contributed by atoms with E-state index in [2.05, 4.69) is 21.4 Å². The maximum atomic E-state index is 13.3. The first-order valence-electron chi connectivity index (χ1n) is 9.07. The summed E-state index contributed by atoms with van der Waals surface area (Å²) in [5.41, 5.74) is 1.64. The Morgan fingerprint density at radius 3 is 2.59 bits per heavy atom. The molecule has 2 heterocycles. The number of anilines is 1. The van der Waals surface area contributed by atoms with Gasteiger partial charge >= 0.3 is 0 Å². The molecule has 1 N–H and O–H groups in total. The zero-order chi connectivity index (χ0) is 20.5. The fraction of sp³-hybridized carbons (Fsp3) is 0.190. The van der Waals surface area contributed by atoms with E-state index in [4.69, 9.17) is 11.6 Å². The lowest BCUT2D eigenvalue weighted by Crippen LogP contribution is -2.48. The summed E-state index contributed by atoms with van der Waals surface area (Å²) < 4.78 is 13.3. The molecule has 0 atom stereocenters. The fourth-order valence-electron chi connectivity index (χ4n) is 3.52. The van der Waals surface area contributed by atoms with Gasteiger partial charge in [-0.25, -0.2) is 14.4 Å². The Bertz CT molecular complexity index is 1110. The highest BCUT2D eigenvalue weighted by molar-refractivity contribution is 6.34. The number of fused-ring (bicyclic) bond motifs is 1. The van der Waals surface area contributed by atoms with Gasteiger partial charge in [0.2, 0.25) is 5.91 Å². The molecule has 1 aliphatic heterocycles. The first-order valence-corrected chi connectivity index (χ1v) is 9.45. The summed E-state index contributed by atoms with van der Waals surface area (Å²) in [6, 6.07) is 7.31. The molecule has 148 valence electrons. The zero-order valence-electron chi connectivity index (χ0n) is 15.5. The van der Waals surface area contributed by atoms with Crippen molar-refractivity contribution in [2.75, 3.05) is 31.1 Å². The molecule has 0 radical (unpaired) electrons. The van der Waals surface area contributed by atoms with Gasteiger partial charge in [-0.1, -0.05) is 18.2 Å². The van der Waals surface area contributed by atoms with Crippen molar-refractivity contribution >= 4 is 34.2 Å². The fourth-order valence-corrected chi connectivity index (χ4v) is 3.79. The van der Waals surface area contributed by atoms with Crippen molar-refractivity contribution in [3.63, 3.8) is 0 Å². The number of phenols is 1. The van der Waals surface area contributed by atoms with Crippen LogP contribution >= 0.6 is 11.6 Å². The van der Waals surface area contributed by atoms with Crippen molar-refractivity contribution in [2.24, 2.45) is 0 Å². The number of phenolic OH excluding ortho intramolecular Hbond substituents is 1. The van der Waals surface area contributed by atoms with Crippen molar-refractivity contribution < 1.29 is 14.3 Å². The lowest BCUT2D eigenvalue weighted by Gasteiger charge is -2.35. The predicted molar refractivity (Wildman–Crippen MR) is 111 cm³/mol. The molecular weight excluding hydrogens is 395 g/mol. The van der Waals surface area contributed by atoms with Crippen LogP contribution in [0.2, 0.25) is 5.02 Å². The number of piperazine rings is 1. The monoisotopic (exact) mass is 412 g/mol. The van der Waals surface area contributed by atoms with Gasteiger partial charge in [-0.3, -0.25) is 4.79 Å². The van der Waals surface area contributed by atoms with Crippen LogP contribution in [0.4, 0.5) is 10.2 Å². The summed E-state index contributed by atoms with van der Waals surface area (Å²) in [6.45, 7) is 5.94. The quantitative estimate of drug-likeness (QED) is 0.665. The van der Waals surface area contributed by atoms with Gasteiger partial charge in [0.25, 0.3) is 0 Å². The minimum Gasteiger partial charge on any atom is -0.507 e. The molecule has 0 aliphatic carbocycles. The van der Waals surface area contributed by atoms with Gasteiger partial charge in [0.15, 0.2) is 0 Å². The highest BCUT2D eigenvalue weighted by Crippen LogP contribution is 2.38. The van der Waals surface area contributed by atoms with Gasteiger partial charge in [0.05, 0.1) is 5.52 Å². The van der Waals surface area contributed by atoms with E-state index < -0.39 is 5.82 Å². The second-order valence-electron chi connectivity index (χ2n) is 6.72. The van der Waals surface area contributed by atoms with E-state index in [1.807, 2.05) is 0 Å². The summed E-state index contributed by atoms with van der Waals surface area (Å²) >= 11 is 6.50. The summed E-state index contributed by atoms with van der Waals surface area (Å²) in [7, 11) is 0. The van der Waals surface area contributed by atoms with E-state index in [1.54, 1.807) is 17.0 Å². The third-order valence-electron chi connectivity index (χ3n) is 5.02. The van der Waals surface area contributed by atoms with E-state index in [0.717, 1.165) is 17.3 Å². The third-order valence-corrected chi connectivity index (χ3v) is 5.33. The van der Waals surface area contributed by atoms with Crippen LogP contribution in [0.25, 0.3) is 22.0 Å². The molecule has 6 nitrogen and oxygen atoms in total. The van der Waals surface area contributed by atoms with Crippen LogP contribution in [0.1, 0.15) is 0 Å². The number of hydrogen-bond acceptors (Lipinski definition) is 5. The molecule has 3 aromatic rings. The van der Waals surface area contributed by atoms with Crippen molar-refractivity contribution in [3.8, 4) is 16.9 Å². The Kier molecular flexibility index (Phi) is 5.07. The standard InChI is InChI=1S/C21H18ClFN4O2/c1-2-20(29)26-5-7-27(8-6-26)21-16-10-17(22)15(11-18(16)24-12-25-21)14-4-3-13(23)9-19(14)28/h2-4,9-12,28H,1,5-8H2. The average Bonchev–Trinajstić information content (AvgIpc) is 2.73. The number of benzene rings is 2. The molecule has 1 aromatic heterocycles. The molecule has 1 amide bonds. The molecule has 0 saturated carbocycles. The molecule has 0 bridgehead atoms. The van der Waals surface area contributed by atoms with Crippen LogP contribution < -0.4 is 4.90 Å². The van der Waals surface area contributed by atoms with Crippen LogP contribution in [-0.4, -0.2) is 52.1 Å². The lowest BCUT2D eigenvalue weighted by atomic mass is 10.0. The van der Waals surface area contributed by atoms with E-state index in [-0.39, 0.29) is 11.7 Å². The Balaban J connectivity index is 1.70. The first kappa shape index (κ1) is 19.1. The van der Waals surface area contributed by atoms with Crippen molar-refractivity contribution in [3.05, 3.63) is 60.2 Å². The van der Waals surface area contributed by atoms with Gasteiger partial charge < -0.3 is 14.9 Å². The maximum Gasteiger partial charge on any atom is 0.246 e. The lowest BCUT2D eigenvalue weighted by molar-refractivity contribution is -0.126. The van der Waals surface area contributed by atoms with Crippen LogP contribution in [0.5, 0.6) is 5.75 Å². The number of aromatic nitrogens is 2. The van der Waals surface area contributed by atoms with Crippen LogP contribution in [0.3, 0.4) is 0 Å². The van der Waals surface area contributed by atoms with E-state index in [9.17, 15) is 14.3 Å².